The van der Waals surface area contributed by atoms with Crippen LogP contribution in [-0.2, 0) is 12.7 Å². The second-order valence-corrected chi connectivity index (χ2v) is 5.21. The second kappa shape index (κ2) is 10.5. The molecule has 2 rings (SSSR count). The van der Waals surface area contributed by atoms with Gasteiger partial charge in [0.15, 0.2) is 0 Å². The van der Waals surface area contributed by atoms with Crippen molar-refractivity contribution in [2.24, 2.45) is 0 Å². The summed E-state index contributed by atoms with van der Waals surface area (Å²) in [5.74, 6) is 0. The van der Waals surface area contributed by atoms with Crippen LogP contribution in [0.25, 0.3) is 0 Å². The Kier molecular flexibility index (Phi) is 9.93. The number of thiocyanates is 1. The van der Waals surface area contributed by atoms with Gasteiger partial charge in [0.2, 0.25) is 0 Å². The summed E-state index contributed by atoms with van der Waals surface area (Å²) in [4.78, 5) is 1.98. The highest BCUT2D eigenvalue weighted by Gasteiger charge is 2.32. The normalized spacial score (nSPS) is 14.6. The third-order valence-electron chi connectivity index (χ3n) is 2.78. The third-order valence-corrected chi connectivity index (χ3v) is 3.34. The molecule has 1 aliphatic heterocycles. The van der Waals surface area contributed by atoms with Gasteiger partial charge in [-0.3, -0.25) is 4.90 Å². The number of nitriles is 1. The minimum Gasteiger partial charge on any atom is -0.293 e. The van der Waals surface area contributed by atoms with E-state index in [4.69, 9.17) is 5.26 Å². The Morgan fingerprint density at radius 3 is 2.17 bits per heavy atom. The van der Waals surface area contributed by atoms with E-state index in [1.54, 1.807) is 10.3 Å². The summed E-state index contributed by atoms with van der Waals surface area (Å²) < 4.78 is 50.8. The molecule has 0 unspecified atom stereocenters. The third kappa shape index (κ3) is 7.23. The van der Waals surface area contributed by atoms with Crippen LogP contribution in [0.5, 0.6) is 0 Å². The first-order valence-electron chi connectivity index (χ1n) is 7.52. The lowest BCUT2D eigenvalue weighted by Crippen LogP contribution is -2.47. The zero-order chi connectivity index (χ0) is 18.0. The molecule has 0 radical (unpaired) electrons. The predicted molar refractivity (Wildman–Crippen MR) is 85.8 cm³/mol. The number of alkyl halides is 4. The van der Waals surface area contributed by atoms with Crippen LogP contribution in [0.1, 0.15) is 38.8 Å². The van der Waals surface area contributed by atoms with Gasteiger partial charge in [-0.05, 0) is 35.5 Å². The van der Waals surface area contributed by atoms with E-state index >= 15 is 0 Å². The zero-order valence-corrected chi connectivity index (χ0v) is 14.6. The van der Waals surface area contributed by atoms with Gasteiger partial charge in [0.25, 0.3) is 0 Å². The Hall–Kier alpha value is -1.26. The van der Waals surface area contributed by atoms with Crippen LogP contribution < -0.4 is 0 Å². The fourth-order valence-electron chi connectivity index (χ4n) is 1.92. The lowest BCUT2D eigenvalue weighted by atomic mass is 10.1. The lowest BCUT2D eigenvalue weighted by Gasteiger charge is -2.34. The smallest absolute Gasteiger partial charge is 0.293 e. The van der Waals surface area contributed by atoms with Gasteiger partial charge in [-0.2, -0.15) is 18.4 Å². The van der Waals surface area contributed by atoms with Crippen molar-refractivity contribution < 1.29 is 17.6 Å². The van der Waals surface area contributed by atoms with Crippen LogP contribution in [0.2, 0.25) is 0 Å². The average molecular weight is 350 g/mol. The number of benzene rings is 1. The summed E-state index contributed by atoms with van der Waals surface area (Å²) >= 11 is 0.686. The largest absolute Gasteiger partial charge is 0.416 e. The molecule has 1 fully saturated rings. The monoisotopic (exact) mass is 350 g/mol. The summed E-state index contributed by atoms with van der Waals surface area (Å²) in [6, 6.07) is 3.53. The van der Waals surface area contributed by atoms with E-state index in [0.29, 0.717) is 17.3 Å². The van der Waals surface area contributed by atoms with Gasteiger partial charge >= 0.3 is 6.18 Å². The van der Waals surface area contributed by atoms with Crippen LogP contribution in [0, 0.1) is 10.7 Å². The quantitative estimate of drug-likeness (QED) is 0.410. The summed E-state index contributed by atoms with van der Waals surface area (Å²) in [5, 5.41) is 10.3. The molecule has 2 nitrogen and oxygen atoms in total. The van der Waals surface area contributed by atoms with Crippen molar-refractivity contribution in [2.75, 3.05) is 13.1 Å². The van der Waals surface area contributed by atoms with E-state index in [2.05, 4.69) is 0 Å². The predicted octanol–water partition coefficient (Wildman–Crippen LogP) is 5.48. The van der Waals surface area contributed by atoms with E-state index in [-0.39, 0.29) is 24.5 Å². The Bertz CT molecular complexity index is 506. The molecule has 7 heteroatoms. The Morgan fingerprint density at radius 2 is 1.74 bits per heavy atom. The lowest BCUT2D eigenvalue weighted by molar-refractivity contribution is -0.137. The van der Waals surface area contributed by atoms with Gasteiger partial charge in [0.05, 0.1) is 5.56 Å². The molecule has 1 aromatic rings. The average Bonchev–Trinajstić information content (AvgIpc) is 2.49. The van der Waals surface area contributed by atoms with Crippen molar-refractivity contribution in [3.8, 4) is 5.40 Å². The van der Waals surface area contributed by atoms with Crippen molar-refractivity contribution in [1.29, 1.82) is 5.26 Å². The molecule has 0 N–H and O–H groups in total. The van der Waals surface area contributed by atoms with Gasteiger partial charge in [-0.25, -0.2) is 4.39 Å². The van der Waals surface area contributed by atoms with E-state index in [1.807, 2.05) is 27.7 Å². The van der Waals surface area contributed by atoms with E-state index < -0.39 is 17.9 Å². The highest BCUT2D eigenvalue weighted by molar-refractivity contribution is 8.03. The first kappa shape index (κ1) is 21.7. The number of nitrogens with zero attached hydrogens (tertiary/aromatic N) is 2. The Morgan fingerprint density at radius 1 is 1.17 bits per heavy atom. The minimum atomic E-state index is -4.45. The van der Waals surface area contributed by atoms with E-state index in [0.717, 1.165) is 12.1 Å². The molecule has 1 aromatic carbocycles. The van der Waals surface area contributed by atoms with Crippen LogP contribution >= 0.6 is 11.8 Å². The van der Waals surface area contributed by atoms with Gasteiger partial charge in [0, 0.05) is 24.5 Å². The first-order valence-corrected chi connectivity index (χ1v) is 8.33. The van der Waals surface area contributed by atoms with Gasteiger partial charge < -0.3 is 0 Å². The van der Waals surface area contributed by atoms with Gasteiger partial charge in [-0.1, -0.05) is 27.7 Å². The molecular formula is C16H22F4N2S. The second-order valence-electron chi connectivity index (χ2n) is 4.35. The molecule has 0 amide bonds. The van der Waals surface area contributed by atoms with Crippen LogP contribution in [-0.4, -0.2) is 24.2 Å². The highest BCUT2D eigenvalue weighted by Crippen LogP contribution is 2.33. The van der Waals surface area contributed by atoms with E-state index in [1.165, 1.54) is 6.07 Å². The molecule has 0 bridgehead atoms. The first-order chi connectivity index (χ1) is 10.9. The molecule has 0 atom stereocenters. The number of hydrogen-bond acceptors (Lipinski definition) is 3. The zero-order valence-electron chi connectivity index (χ0n) is 13.7. The summed E-state index contributed by atoms with van der Waals surface area (Å²) in [5.41, 5.74) is -0.334. The molecule has 1 heterocycles. The fraction of sp³-hybridized carbons (Fsp3) is 0.562. The SMILES string of the molecule is CC.CC.N#CSc1cc(CN2CC(F)C2)cc(C(F)(F)F)c1. The molecule has 0 saturated carbocycles. The number of thioether (sulfide) groups is 1. The van der Waals surface area contributed by atoms with Crippen molar-refractivity contribution in [3.63, 3.8) is 0 Å². The molecule has 0 aromatic heterocycles. The van der Waals surface area contributed by atoms with Crippen molar-refractivity contribution in [1.82, 2.24) is 4.90 Å². The Balaban J connectivity index is 0.00000112. The maximum absolute atomic E-state index is 12.7. The van der Waals surface area contributed by atoms with Crippen LogP contribution in [0.4, 0.5) is 17.6 Å². The maximum Gasteiger partial charge on any atom is 0.416 e. The standard InChI is InChI=1S/C12H10F4N2S.2C2H6/c13-10-5-18(6-10)4-8-1-9(12(14,15)16)3-11(2-8)19-7-17;2*1-2/h1-3,10H,4-6H2;2*1-2H3. The van der Waals surface area contributed by atoms with Crippen molar-refractivity contribution >= 4 is 11.8 Å². The number of likely N-dealkylation sites (tertiary alicyclic amines) is 1. The number of hydrogen-bond donors (Lipinski definition) is 0. The van der Waals surface area contributed by atoms with Gasteiger partial charge in [0.1, 0.15) is 11.6 Å². The van der Waals surface area contributed by atoms with Crippen LogP contribution in [0.15, 0.2) is 23.1 Å². The molecule has 0 spiro atoms. The Labute approximate surface area is 139 Å². The van der Waals surface area contributed by atoms with Crippen LogP contribution in [0.3, 0.4) is 0 Å². The summed E-state index contributed by atoms with van der Waals surface area (Å²) in [6.45, 7) is 8.76. The van der Waals surface area contributed by atoms with Gasteiger partial charge in [-0.15, -0.1) is 0 Å². The highest BCUT2D eigenvalue weighted by atomic mass is 32.2. The molecule has 1 saturated heterocycles. The summed E-state index contributed by atoms with van der Waals surface area (Å²) in [6.07, 6.45) is -5.34. The molecular weight excluding hydrogens is 328 g/mol. The molecule has 23 heavy (non-hydrogen) atoms. The topological polar surface area (TPSA) is 27.0 Å². The fourth-order valence-corrected chi connectivity index (χ4v) is 2.42. The van der Waals surface area contributed by atoms with E-state index in [9.17, 15) is 17.6 Å². The minimum absolute atomic E-state index is 0.247. The molecule has 130 valence electrons. The maximum atomic E-state index is 12.7. The number of rotatable bonds is 3. The van der Waals surface area contributed by atoms with Crippen molar-refractivity contribution in [2.45, 2.75) is 51.5 Å². The molecule has 1 aliphatic rings. The van der Waals surface area contributed by atoms with Crippen molar-refractivity contribution in [3.05, 3.63) is 29.3 Å². The molecule has 0 aliphatic carbocycles. The number of halogens is 4. The summed E-state index contributed by atoms with van der Waals surface area (Å²) in [7, 11) is 0.